The number of nitriles is 3. The summed E-state index contributed by atoms with van der Waals surface area (Å²) in [6.07, 6.45) is 0. The largest absolute Gasteiger partial charge is 0.392 e. The molecule has 1 aromatic rings. The Morgan fingerprint density at radius 1 is 1.22 bits per heavy atom. The second kappa shape index (κ2) is 6.06. The van der Waals surface area contributed by atoms with Crippen LogP contribution in [0.5, 0.6) is 0 Å². The van der Waals surface area contributed by atoms with Crippen molar-refractivity contribution < 1.29 is 5.11 Å². The maximum absolute atomic E-state index is 9.04. The smallest absolute Gasteiger partial charge is 0.163 e. The molecule has 5 heteroatoms. The number of aryl methyl sites for hydroxylation is 1. The Kier molecular flexibility index (Phi) is 4.46. The molecule has 0 heterocycles. The van der Waals surface area contributed by atoms with E-state index in [0.29, 0.717) is 11.3 Å². The Morgan fingerprint density at radius 3 is 2.39 bits per heavy atom. The van der Waals surface area contributed by atoms with E-state index in [0.717, 1.165) is 5.56 Å². The van der Waals surface area contributed by atoms with E-state index in [1.54, 1.807) is 36.4 Å². The second-order valence-electron chi connectivity index (χ2n) is 3.52. The third-order valence-electron chi connectivity index (χ3n) is 2.33. The SMILES string of the molecule is Cc1ccc(CO)cc1NC(C#N)=C(C#N)C#N. The lowest BCUT2D eigenvalue weighted by Gasteiger charge is -2.09. The molecule has 0 aromatic heterocycles. The van der Waals surface area contributed by atoms with E-state index < -0.39 is 0 Å². The van der Waals surface area contributed by atoms with E-state index in [4.69, 9.17) is 20.9 Å². The first kappa shape index (κ1) is 13.3. The molecule has 2 N–H and O–H groups in total. The fourth-order valence-electron chi connectivity index (χ4n) is 1.32. The van der Waals surface area contributed by atoms with Crippen LogP contribution >= 0.6 is 0 Å². The summed E-state index contributed by atoms with van der Waals surface area (Å²) < 4.78 is 0. The van der Waals surface area contributed by atoms with Crippen LogP contribution in [0.25, 0.3) is 0 Å². The van der Waals surface area contributed by atoms with Crippen molar-refractivity contribution in [2.75, 3.05) is 5.32 Å². The summed E-state index contributed by atoms with van der Waals surface area (Å²) in [7, 11) is 0. The Hall–Kier alpha value is -2.81. The molecule has 0 fully saturated rings. The van der Waals surface area contributed by atoms with Crippen molar-refractivity contribution in [1.82, 2.24) is 0 Å². The summed E-state index contributed by atoms with van der Waals surface area (Å²) in [6, 6.07) is 10.3. The molecule has 0 unspecified atom stereocenters. The van der Waals surface area contributed by atoms with Crippen LogP contribution in [-0.4, -0.2) is 5.11 Å². The van der Waals surface area contributed by atoms with Crippen LogP contribution < -0.4 is 5.32 Å². The number of anilines is 1. The molecule has 1 aromatic carbocycles. The van der Waals surface area contributed by atoms with Gasteiger partial charge in [0, 0.05) is 5.69 Å². The van der Waals surface area contributed by atoms with E-state index in [1.165, 1.54) is 0 Å². The number of hydrogen-bond donors (Lipinski definition) is 2. The highest BCUT2D eigenvalue weighted by molar-refractivity contribution is 5.62. The Bertz CT molecular complexity index is 595. The lowest BCUT2D eigenvalue weighted by Crippen LogP contribution is -2.03. The summed E-state index contributed by atoms with van der Waals surface area (Å²) >= 11 is 0. The van der Waals surface area contributed by atoms with Crippen molar-refractivity contribution >= 4 is 5.69 Å². The minimum atomic E-state index is -0.272. The molecule has 0 spiro atoms. The van der Waals surface area contributed by atoms with E-state index in [2.05, 4.69) is 5.32 Å². The minimum Gasteiger partial charge on any atom is -0.392 e. The Labute approximate surface area is 105 Å². The fraction of sp³-hybridized carbons (Fsp3) is 0.154. The van der Waals surface area contributed by atoms with Crippen molar-refractivity contribution in [3.05, 3.63) is 40.6 Å². The van der Waals surface area contributed by atoms with Crippen LogP contribution in [0.15, 0.2) is 29.5 Å². The van der Waals surface area contributed by atoms with E-state index >= 15 is 0 Å². The van der Waals surface area contributed by atoms with E-state index in [1.807, 2.05) is 6.92 Å². The van der Waals surface area contributed by atoms with Crippen LogP contribution in [0, 0.1) is 40.9 Å². The molecule has 0 saturated heterocycles. The van der Waals surface area contributed by atoms with Crippen molar-refractivity contribution in [3.63, 3.8) is 0 Å². The summed E-state index contributed by atoms with van der Waals surface area (Å²) in [5.41, 5.74) is 1.73. The van der Waals surface area contributed by atoms with E-state index in [-0.39, 0.29) is 17.9 Å². The number of aliphatic hydroxyl groups is 1. The van der Waals surface area contributed by atoms with Crippen LogP contribution in [0.2, 0.25) is 0 Å². The zero-order chi connectivity index (χ0) is 13.5. The third-order valence-corrected chi connectivity index (χ3v) is 2.33. The molecule has 1 rings (SSSR count). The van der Waals surface area contributed by atoms with Crippen molar-refractivity contribution in [2.24, 2.45) is 0 Å². The Balaban J connectivity index is 3.20. The average Bonchev–Trinajstić information content (AvgIpc) is 2.40. The number of nitrogens with one attached hydrogen (secondary N) is 1. The lowest BCUT2D eigenvalue weighted by molar-refractivity contribution is 0.282. The van der Waals surface area contributed by atoms with Gasteiger partial charge in [0.15, 0.2) is 5.57 Å². The van der Waals surface area contributed by atoms with Crippen LogP contribution in [0.1, 0.15) is 11.1 Å². The van der Waals surface area contributed by atoms with Crippen LogP contribution in [0.3, 0.4) is 0 Å². The van der Waals surface area contributed by atoms with Crippen molar-refractivity contribution in [2.45, 2.75) is 13.5 Å². The predicted molar refractivity (Wildman–Crippen MR) is 64.6 cm³/mol. The molecule has 18 heavy (non-hydrogen) atoms. The molecule has 5 nitrogen and oxygen atoms in total. The topological polar surface area (TPSA) is 104 Å². The lowest BCUT2D eigenvalue weighted by atomic mass is 10.1. The number of benzene rings is 1. The van der Waals surface area contributed by atoms with Gasteiger partial charge in [-0.1, -0.05) is 12.1 Å². The molecule has 88 valence electrons. The average molecular weight is 238 g/mol. The summed E-state index contributed by atoms with van der Waals surface area (Å²) in [4.78, 5) is 0. The normalized spacial score (nSPS) is 8.61. The van der Waals surface area contributed by atoms with Gasteiger partial charge in [0.2, 0.25) is 0 Å². The second-order valence-corrected chi connectivity index (χ2v) is 3.52. The molecule has 0 bridgehead atoms. The number of aliphatic hydroxyl groups excluding tert-OH is 1. The first-order chi connectivity index (χ1) is 8.65. The van der Waals surface area contributed by atoms with Gasteiger partial charge in [0.1, 0.15) is 23.9 Å². The zero-order valence-electron chi connectivity index (χ0n) is 9.73. The number of nitrogens with zero attached hydrogens (tertiary/aromatic N) is 3. The first-order valence-electron chi connectivity index (χ1n) is 5.08. The Morgan fingerprint density at radius 2 is 1.89 bits per heavy atom. The van der Waals surface area contributed by atoms with Gasteiger partial charge < -0.3 is 10.4 Å². The third kappa shape index (κ3) is 2.86. The molecule has 0 radical (unpaired) electrons. The zero-order valence-corrected chi connectivity index (χ0v) is 9.73. The number of allylic oxidation sites excluding steroid dienone is 2. The molecular weight excluding hydrogens is 228 g/mol. The van der Waals surface area contributed by atoms with Gasteiger partial charge in [-0.15, -0.1) is 0 Å². The molecule has 0 atom stereocenters. The van der Waals surface area contributed by atoms with E-state index in [9.17, 15) is 0 Å². The number of hydrogen-bond acceptors (Lipinski definition) is 5. The fourth-order valence-corrected chi connectivity index (χ4v) is 1.32. The van der Waals surface area contributed by atoms with Gasteiger partial charge in [-0.05, 0) is 24.1 Å². The molecular formula is C13H10N4O. The highest BCUT2D eigenvalue weighted by Crippen LogP contribution is 2.19. The van der Waals surface area contributed by atoms with Crippen LogP contribution in [0.4, 0.5) is 5.69 Å². The van der Waals surface area contributed by atoms with Gasteiger partial charge in [0.25, 0.3) is 0 Å². The van der Waals surface area contributed by atoms with Gasteiger partial charge in [-0.25, -0.2) is 0 Å². The standard InChI is InChI=1S/C13H10N4O/c1-9-2-3-10(8-18)4-12(9)17-13(7-16)11(5-14)6-15/h2-4,17-18H,8H2,1H3. The predicted octanol–water partition coefficient (Wildman–Crippen LogP) is 1.72. The van der Waals surface area contributed by atoms with Gasteiger partial charge in [0.05, 0.1) is 6.61 Å². The quantitative estimate of drug-likeness (QED) is 0.780. The summed E-state index contributed by atoms with van der Waals surface area (Å²) in [5.74, 6) is 0. The molecule has 0 aliphatic heterocycles. The molecule has 0 saturated carbocycles. The highest BCUT2D eigenvalue weighted by atomic mass is 16.3. The van der Waals surface area contributed by atoms with Crippen LogP contribution in [-0.2, 0) is 6.61 Å². The monoisotopic (exact) mass is 238 g/mol. The van der Waals surface area contributed by atoms with Gasteiger partial charge in [-0.2, -0.15) is 15.8 Å². The minimum absolute atomic E-state index is 0.0989. The summed E-state index contributed by atoms with van der Waals surface area (Å²) in [6.45, 7) is 1.70. The summed E-state index contributed by atoms with van der Waals surface area (Å²) in [5, 5.41) is 38.1. The molecule has 0 aliphatic carbocycles. The van der Waals surface area contributed by atoms with Gasteiger partial charge in [-0.3, -0.25) is 0 Å². The maximum atomic E-state index is 9.04. The molecule has 0 amide bonds. The van der Waals surface area contributed by atoms with Gasteiger partial charge >= 0.3 is 0 Å². The highest BCUT2D eigenvalue weighted by Gasteiger charge is 2.08. The maximum Gasteiger partial charge on any atom is 0.163 e. The van der Waals surface area contributed by atoms with Crippen molar-refractivity contribution in [3.8, 4) is 18.2 Å². The number of rotatable bonds is 3. The van der Waals surface area contributed by atoms with Crippen molar-refractivity contribution in [1.29, 1.82) is 15.8 Å². The first-order valence-corrected chi connectivity index (χ1v) is 5.08. The molecule has 0 aliphatic rings.